The molecule has 0 aliphatic carbocycles. The van der Waals surface area contributed by atoms with Gasteiger partial charge >= 0.3 is 5.91 Å². The lowest BCUT2D eigenvalue weighted by molar-refractivity contribution is -0.504. The predicted octanol–water partition coefficient (Wildman–Crippen LogP) is 3.19. The van der Waals surface area contributed by atoms with Crippen molar-refractivity contribution in [2.45, 2.75) is 24.3 Å². The minimum absolute atomic E-state index is 0.147. The van der Waals surface area contributed by atoms with Gasteiger partial charge in [-0.3, -0.25) is 4.72 Å². The van der Waals surface area contributed by atoms with E-state index in [0.29, 0.717) is 28.9 Å². The molecule has 0 saturated carbocycles. The maximum atomic E-state index is 12.7. The molecular formula is C23H22N3O4S+. The van der Waals surface area contributed by atoms with Crippen molar-refractivity contribution < 1.29 is 23.0 Å². The summed E-state index contributed by atoms with van der Waals surface area (Å²) in [7, 11) is -3.73. The Kier molecular flexibility index (Phi) is 5.48. The molecule has 1 atom stereocenters. The fourth-order valence-electron chi connectivity index (χ4n) is 3.63. The van der Waals surface area contributed by atoms with Gasteiger partial charge in [0.25, 0.3) is 10.0 Å². The first kappa shape index (κ1) is 20.6. The molecule has 1 unspecified atom stereocenters. The van der Waals surface area contributed by atoms with E-state index < -0.39 is 10.0 Å². The molecule has 1 aliphatic heterocycles. The summed E-state index contributed by atoms with van der Waals surface area (Å²) >= 11 is 0. The van der Waals surface area contributed by atoms with E-state index in [1.807, 2.05) is 12.1 Å². The number of carbonyl (C=O) groups excluding carboxylic acids is 1. The molecule has 0 spiro atoms. The number of carbonyl (C=O) groups is 1. The van der Waals surface area contributed by atoms with Crippen LogP contribution < -0.4 is 10.1 Å². The fourth-order valence-corrected chi connectivity index (χ4v) is 4.70. The van der Waals surface area contributed by atoms with Crippen LogP contribution in [-0.2, 0) is 14.8 Å². The molecular weight excluding hydrogens is 414 g/mol. The number of hydrazone groups is 1. The Hall–Kier alpha value is -3.65. The summed E-state index contributed by atoms with van der Waals surface area (Å²) in [4.78, 5) is 12.4. The van der Waals surface area contributed by atoms with Crippen LogP contribution in [0.3, 0.4) is 0 Å². The maximum absolute atomic E-state index is 12.7. The monoisotopic (exact) mass is 436 g/mol. The molecule has 0 bridgehead atoms. The predicted molar refractivity (Wildman–Crippen MR) is 117 cm³/mol. The third kappa shape index (κ3) is 4.29. The Bertz CT molecular complexity index is 1270. The van der Waals surface area contributed by atoms with Crippen molar-refractivity contribution in [3.8, 4) is 5.75 Å². The van der Waals surface area contributed by atoms with E-state index in [1.54, 1.807) is 54.6 Å². The number of amides is 1. The normalized spacial score (nSPS) is 16.1. The minimum Gasteiger partial charge on any atom is -0.508 e. The molecule has 0 aromatic heterocycles. The van der Waals surface area contributed by atoms with Gasteiger partial charge in [0.2, 0.25) is 5.71 Å². The standard InChI is InChI=1S/C23H21N3O4S/c1-16(27)26-22(15-21(24-26)20-12-5-6-13-23(20)28)17-8-7-9-18(14-17)25-31(29,30)19-10-3-2-4-11-19/h2-14,21,24-25H,15H2,1H3/p+1. The number of rotatable bonds is 5. The number of hydrazine groups is 1. The highest BCUT2D eigenvalue weighted by Crippen LogP contribution is 2.31. The van der Waals surface area contributed by atoms with Crippen LogP contribution in [0.5, 0.6) is 5.75 Å². The van der Waals surface area contributed by atoms with Crippen molar-refractivity contribution in [2.24, 2.45) is 0 Å². The number of phenolic OH excluding ortho intramolecular Hbond substituents is 1. The first-order chi connectivity index (χ1) is 14.8. The largest absolute Gasteiger partial charge is 0.508 e. The lowest BCUT2D eigenvalue weighted by Crippen LogP contribution is -2.32. The SMILES string of the molecule is CC(=O)[N+]1=C(c2cccc(NS(=O)(=O)c3ccccc3)c2)CC(c2ccccc2O)N1. The summed E-state index contributed by atoms with van der Waals surface area (Å²) in [6.45, 7) is 1.45. The molecule has 158 valence electrons. The molecule has 1 heterocycles. The summed E-state index contributed by atoms with van der Waals surface area (Å²) < 4.78 is 29.4. The van der Waals surface area contributed by atoms with Gasteiger partial charge in [-0.2, -0.15) is 5.43 Å². The summed E-state index contributed by atoms with van der Waals surface area (Å²) in [5.74, 6) is -0.0580. The summed E-state index contributed by atoms with van der Waals surface area (Å²) in [6.07, 6.45) is 0.450. The Morgan fingerprint density at radius 2 is 1.74 bits per heavy atom. The fraction of sp³-hybridized carbons (Fsp3) is 0.130. The van der Waals surface area contributed by atoms with Crippen molar-refractivity contribution in [1.29, 1.82) is 0 Å². The van der Waals surface area contributed by atoms with Crippen molar-refractivity contribution in [2.75, 3.05) is 4.72 Å². The summed E-state index contributed by atoms with van der Waals surface area (Å²) in [5.41, 5.74) is 5.61. The molecule has 8 heteroatoms. The van der Waals surface area contributed by atoms with Crippen molar-refractivity contribution in [3.05, 3.63) is 90.0 Å². The van der Waals surface area contributed by atoms with Crippen LogP contribution in [0.2, 0.25) is 0 Å². The highest BCUT2D eigenvalue weighted by atomic mass is 32.2. The first-order valence-corrected chi connectivity index (χ1v) is 11.2. The third-order valence-corrected chi connectivity index (χ3v) is 6.48. The molecule has 3 N–H and O–H groups in total. The zero-order valence-electron chi connectivity index (χ0n) is 16.8. The van der Waals surface area contributed by atoms with Gasteiger partial charge in [-0.25, -0.2) is 13.2 Å². The van der Waals surface area contributed by atoms with Crippen LogP contribution in [0.25, 0.3) is 0 Å². The van der Waals surface area contributed by atoms with Crippen LogP contribution in [0.4, 0.5) is 5.69 Å². The Morgan fingerprint density at radius 1 is 1.03 bits per heavy atom. The van der Waals surface area contributed by atoms with E-state index in [1.165, 1.54) is 23.7 Å². The number of sulfonamides is 1. The Balaban J connectivity index is 1.65. The van der Waals surface area contributed by atoms with E-state index >= 15 is 0 Å². The maximum Gasteiger partial charge on any atom is 0.411 e. The summed E-state index contributed by atoms with van der Waals surface area (Å²) in [5, 5.41) is 10.2. The highest BCUT2D eigenvalue weighted by Gasteiger charge is 2.37. The van der Waals surface area contributed by atoms with Crippen molar-refractivity contribution in [1.82, 2.24) is 5.43 Å². The number of nitrogens with one attached hydrogen (secondary N) is 2. The number of hydrogen-bond acceptors (Lipinski definition) is 5. The zero-order valence-corrected chi connectivity index (χ0v) is 17.6. The van der Waals surface area contributed by atoms with Crippen LogP contribution in [0.15, 0.2) is 83.8 Å². The smallest absolute Gasteiger partial charge is 0.411 e. The van der Waals surface area contributed by atoms with Crippen LogP contribution in [-0.4, -0.2) is 29.8 Å². The van der Waals surface area contributed by atoms with Crippen molar-refractivity contribution >= 4 is 27.3 Å². The average molecular weight is 437 g/mol. The molecule has 0 fully saturated rings. The van der Waals surface area contributed by atoms with Crippen LogP contribution >= 0.6 is 0 Å². The van der Waals surface area contributed by atoms with Crippen LogP contribution in [0, 0.1) is 0 Å². The number of anilines is 1. The second kappa shape index (κ2) is 8.23. The van der Waals surface area contributed by atoms with Gasteiger partial charge in [0.15, 0.2) is 0 Å². The minimum atomic E-state index is -3.73. The molecule has 1 aliphatic rings. The lowest BCUT2D eigenvalue weighted by atomic mass is 9.98. The van der Waals surface area contributed by atoms with E-state index in [4.69, 9.17) is 0 Å². The Labute approximate surface area is 180 Å². The van der Waals surface area contributed by atoms with E-state index in [0.717, 1.165) is 0 Å². The number of benzene rings is 3. The quantitative estimate of drug-likeness (QED) is 0.534. The van der Waals surface area contributed by atoms with Gasteiger partial charge in [0.05, 0.1) is 18.2 Å². The van der Waals surface area contributed by atoms with Gasteiger partial charge in [0.1, 0.15) is 11.8 Å². The van der Waals surface area contributed by atoms with E-state index in [9.17, 15) is 18.3 Å². The van der Waals surface area contributed by atoms with Gasteiger partial charge in [-0.1, -0.05) is 42.5 Å². The number of hydrogen-bond donors (Lipinski definition) is 3. The molecule has 3 aromatic rings. The van der Waals surface area contributed by atoms with Crippen LogP contribution in [0.1, 0.15) is 30.5 Å². The van der Waals surface area contributed by atoms with E-state index in [-0.39, 0.29) is 22.6 Å². The van der Waals surface area contributed by atoms with Gasteiger partial charge < -0.3 is 5.11 Å². The second-order valence-electron chi connectivity index (χ2n) is 7.25. The average Bonchev–Trinajstić information content (AvgIpc) is 3.20. The topological polar surface area (TPSA) is 98.5 Å². The summed E-state index contributed by atoms with van der Waals surface area (Å²) in [6, 6.07) is 21.7. The van der Waals surface area contributed by atoms with Gasteiger partial charge in [0, 0.05) is 16.8 Å². The molecule has 0 radical (unpaired) electrons. The van der Waals surface area contributed by atoms with Gasteiger partial charge in [-0.15, -0.1) is 0 Å². The molecule has 31 heavy (non-hydrogen) atoms. The zero-order chi connectivity index (χ0) is 22.0. The van der Waals surface area contributed by atoms with E-state index in [2.05, 4.69) is 10.1 Å². The highest BCUT2D eigenvalue weighted by molar-refractivity contribution is 7.92. The third-order valence-electron chi connectivity index (χ3n) is 5.08. The number of para-hydroxylation sites is 1. The molecule has 3 aromatic carbocycles. The number of phenols is 1. The molecule has 1 amide bonds. The molecule has 4 rings (SSSR count). The first-order valence-electron chi connectivity index (χ1n) is 9.74. The lowest BCUT2D eigenvalue weighted by Gasteiger charge is -2.09. The number of nitrogens with zero attached hydrogens (tertiary/aromatic N) is 1. The number of aromatic hydroxyl groups is 1. The Morgan fingerprint density at radius 3 is 2.45 bits per heavy atom. The molecule has 7 nitrogen and oxygen atoms in total. The second-order valence-corrected chi connectivity index (χ2v) is 8.93. The van der Waals surface area contributed by atoms with Gasteiger partial charge in [-0.05, 0) is 41.1 Å². The molecule has 0 saturated heterocycles. The van der Waals surface area contributed by atoms with Crippen molar-refractivity contribution in [3.63, 3.8) is 0 Å².